The predicted octanol–water partition coefficient (Wildman–Crippen LogP) is 2.61. The van der Waals surface area contributed by atoms with E-state index in [0.29, 0.717) is 119 Å². The predicted molar refractivity (Wildman–Crippen MR) is 129 cm³/mol. The first-order chi connectivity index (χ1) is 16.9. The highest BCUT2D eigenvalue weighted by atomic mass is 79.9. The van der Waals surface area contributed by atoms with Gasteiger partial charge >= 0.3 is 0 Å². The number of hydrogen-bond donors (Lipinski definition) is 0. The van der Waals surface area contributed by atoms with Crippen LogP contribution in [0.3, 0.4) is 0 Å². The summed E-state index contributed by atoms with van der Waals surface area (Å²) in [5, 5.41) is 0. The van der Waals surface area contributed by atoms with Crippen molar-refractivity contribution in [2.24, 2.45) is 0 Å². The lowest BCUT2D eigenvalue weighted by Crippen LogP contribution is -2.15. The minimum absolute atomic E-state index is 0.503. The molecule has 0 spiro atoms. The van der Waals surface area contributed by atoms with Crippen LogP contribution in [0, 0.1) is 0 Å². The van der Waals surface area contributed by atoms with E-state index in [2.05, 4.69) is 15.9 Å². The van der Waals surface area contributed by atoms with Gasteiger partial charge < -0.3 is 42.6 Å². The molecule has 2 bridgehead atoms. The second-order valence-corrected chi connectivity index (χ2v) is 8.08. The maximum atomic E-state index is 5.74. The summed E-state index contributed by atoms with van der Waals surface area (Å²) >= 11 is 3.66. The Bertz CT molecular complexity index is 560. The Morgan fingerprint density at radius 2 is 0.618 bits per heavy atom. The molecule has 0 saturated heterocycles. The third kappa shape index (κ3) is 15.4. The third-order valence-corrected chi connectivity index (χ3v) is 5.67. The molecule has 1 heterocycles. The fourth-order valence-electron chi connectivity index (χ4n) is 2.88. The standard InChI is InChI=1S/C24H39BrO9/c25-24-22-2-1-3-23(24)21-34-19-17-32-15-13-30-11-9-28-7-5-26-4-6-27-8-10-29-12-14-31-16-18-33-20-22/h1-3H,4-21H2. The zero-order valence-corrected chi connectivity index (χ0v) is 21.6. The summed E-state index contributed by atoms with van der Waals surface area (Å²) in [6, 6.07) is 6.08. The van der Waals surface area contributed by atoms with Gasteiger partial charge in [-0.1, -0.05) is 34.1 Å². The van der Waals surface area contributed by atoms with Crippen LogP contribution in [0.2, 0.25) is 0 Å². The molecule has 196 valence electrons. The van der Waals surface area contributed by atoms with Gasteiger partial charge in [0, 0.05) is 4.47 Å². The van der Waals surface area contributed by atoms with Gasteiger partial charge in [-0.05, 0) is 11.1 Å². The molecule has 0 radical (unpaired) electrons. The fourth-order valence-corrected chi connectivity index (χ4v) is 3.37. The van der Waals surface area contributed by atoms with E-state index in [0.717, 1.165) is 15.6 Å². The number of hydrogen-bond acceptors (Lipinski definition) is 9. The largest absolute Gasteiger partial charge is 0.377 e. The molecule has 10 heteroatoms. The van der Waals surface area contributed by atoms with Crippen LogP contribution in [0.1, 0.15) is 11.1 Å². The first-order valence-electron chi connectivity index (χ1n) is 11.8. The van der Waals surface area contributed by atoms with Crippen molar-refractivity contribution in [2.45, 2.75) is 13.2 Å². The van der Waals surface area contributed by atoms with E-state index < -0.39 is 0 Å². The number of benzene rings is 1. The molecular formula is C24H39BrO9. The molecule has 0 aromatic heterocycles. The maximum absolute atomic E-state index is 5.74. The van der Waals surface area contributed by atoms with E-state index >= 15 is 0 Å². The molecule has 0 fully saturated rings. The Morgan fingerprint density at radius 1 is 0.382 bits per heavy atom. The first-order valence-corrected chi connectivity index (χ1v) is 12.6. The van der Waals surface area contributed by atoms with E-state index in [1.165, 1.54) is 0 Å². The Kier molecular flexibility index (Phi) is 18.8. The van der Waals surface area contributed by atoms with E-state index in [4.69, 9.17) is 42.6 Å². The molecule has 0 aliphatic carbocycles. The van der Waals surface area contributed by atoms with Gasteiger partial charge in [-0.2, -0.15) is 0 Å². The van der Waals surface area contributed by atoms with Crippen LogP contribution < -0.4 is 0 Å². The summed E-state index contributed by atoms with van der Waals surface area (Å²) in [5.74, 6) is 0. The van der Waals surface area contributed by atoms with Crippen molar-refractivity contribution < 1.29 is 42.6 Å². The summed E-state index contributed by atoms with van der Waals surface area (Å²) in [4.78, 5) is 0. The molecule has 1 aromatic carbocycles. The fraction of sp³-hybridized carbons (Fsp3) is 0.750. The molecule has 1 aliphatic rings. The average molecular weight is 551 g/mol. The van der Waals surface area contributed by atoms with E-state index in [9.17, 15) is 0 Å². The van der Waals surface area contributed by atoms with Crippen molar-refractivity contribution in [3.63, 3.8) is 0 Å². The van der Waals surface area contributed by atoms with Crippen molar-refractivity contribution in [1.29, 1.82) is 0 Å². The highest BCUT2D eigenvalue weighted by Crippen LogP contribution is 2.23. The molecule has 1 aromatic rings. The molecule has 0 amide bonds. The molecule has 2 rings (SSSR count). The Labute approximate surface area is 211 Å². The van der Waals surface area contributed by atoms with Crippen LogP contribution in [-0.4, -0.2) is 106 Å². The highest BCUT2D eigenvalue weighted by molar-refractivity contribution is 9.10. The summed E-state index contributed by atoms with van der Waals surface area (Å²) < 4.78 is 50.9. The first kappa shape index (κ1) is 29.6. The van der Waals surface area contributed by atoms with Gasteiger partial charge in [0.2, 0.25) is 0 Å². The minimum Gasteiger partial charge on any atom is -0.377 e. The summed E-state index contributed by atoms with van der Waals surface area (Å²) in [7, 11) is 0. The molecular weight excluding hydrogens is 512 g/mol. The Hall–Kier alpha value is -0.660. The van der Waals surface area contributed by atoms with Gasteiger partial charge in [-0.15, -0.1) is 0 Å². The summed E-state index contributed by atoms with van der Waals surface area (Å²) in [6.07, 6.45) is 0. The minimum atomic E-state index is 0.503. The van der Waals surface area contributed by atoms with Crippen LogP contribution in [0.5, 0.6) is 0 Å². The number of rotatable bonds is 0. The molecule has 0 N–H and O–H groups in total. The number of fused-ring (bicyclic) bond motifs is 2. The third-order valence-electron chi connectivity index (χ3n) is 4.65. The van der Waals surface area contributed by atoms with Gasteiger partial charge in [0.15, 0.2) is 0 Å². The SMILES string of the molecule is Brc1c2cccc1COCCOCCOCCOCCOCCOCCOCCOCCOC2. The highest BCUT2D eigenvalue weighted by Gasteiger charge is 2.06. The summed E-state index contributed by atoms with van der Waals surface area (Å²) in [5.41, 5.74) is 2.15. The number of ether oxygens (including phenoxy) is 9. The van der Waals surface area contributed by atoms with Gasteiger partial charge in [0.05, 0.1) is 119 Å². The lowest BCUT2D eigenvalue weighted by atomic mass is 10.1. The smallest absolute Gasteiger partial charge is 0.0729 e. The van der Waals surface area contributed by atoms with Gasteiger partial charge in [0.1, 0.15) is 0 Å². The van der Waals surface area contributed by atoms with Crippen LogP contribution in [0.25, 0.3) is 0 Å². The second kappa shape index (κ2) is 21.6. The van der Waals surface area contributed by atoms with Crippen LogP contribution in [0.4, 0.5) is 0 Å². The Morgan fingerprint density at radius 3 is 0.882 bits per heavy atom. The topological polar surface area (TPSA) is 83.1 Å². The normalized spacial score (nSPS) is 21.4. The lowest BCUT2D eigenvalue weighted by Gasteiger charge is -2.12. The molecule has 0 atom stereocenters. The van der Waals surface area contributed by atoms with Crippen molar-refractivity contribution in [2.75, 3.05) is 106 Å². The van der Waals surface area contributed by atoms with Gasteiger partial charge in [-0.3, -0.25) is 0 Å². The van der Waals surface area contributed by atoms with E-state index in [1.807, 2.05) is 18.2 Å². The van der Waals surface area contributed by atoms with E-state index in [1.54, 1.807) is 0 Å². The van der Waals surface area contributed by atoms with Gasteiger partial charge in [-0.25, -0.2) is 0 Å². The zero-order valence-electron chi connectivity index (χ0n) is 20.0. The van der Waals surface area contributed by atoms with Crippen LogP contribution in [0.15, 0.2) is 22.7 Å². The monoisotopic (exact) mass is 550 g/mol. The van der Waals surface area contributed by atoms with Crippen LogP contribution >= 0.6 is 15.9 Å². The quantitative estimate of drug-likeness (QED) is 0.483. The van der Waals surface area contributed by atoms with Crippen molar-refractivity contribution >= 4 is 15.9 Å². The van der Waals surface area contributed by atoms with Crippen molar-refractivity contribution in [1.82, 2.24) is 0 Å². The molecule has 0 saturated carbocycles. The van der Waals surface area contributed by atoms with E-state index in [-0.39, 0.29) is 0 Å². The lowest BCUT2D eigenvalue weighted by molar-refractivity contribution is -0.0259. The molecule has 0 unspecified atom stereocenters. The average Bonchev–Trinajstić information content (AvgIpc) is 2.84. The van der Waals surface area contributed by atoms with Crippen LogP contribution in [-0.2, 0) is 55.8 Å². The van der Waals surface area contributed by atoms with Crippen molar-refractivity contribution in [3.05, 3.63) is 33.8 Å². The number of halogens is 1. The summed E-state index contributed by atoms with van der Waals surface area (Å²) in [6.45, 7) is 9.44. The molecule has 9 nitrogen and oxygen atoms in total. The van der Waals surface area contributed by atoms with Gasteiger partial charge in [0.25, 0.3) is 0 Å². The Balaban J connectivity index is 1.65. The van der Waals surface area contributed by atoms with Crippen molar-refractivity contribution in [3.8, 4) is 0 Å². The second-order valence-electron chi connectivity index (χ2n) is 7.28. The maximum Gasteiger partial charge on any atom is 0.0729 e. The molecule has 1 aliphatic heterocycles. The molecule has 34 heavy (non-hydrogen) atoms. The zero-order chi connectivity index (χ0) is 23.9.